The van der Waals surface area contributed by atoms with E-state index in [0.29, 0.717) is 6.04 Å². The third-order valence-electron chi connectivity index (χ3n) is 3.31. The van der Waals surface area contributed by atoms with E-state index in [1.165, 1.54) is 6.07 Å². The molecule has 2 nitrogen and oxygen atoms in total. The summed E-state index contributed by atoms with van der Waals surface area (Å²) in [5.74, 6) is -0.342. The fourth-order valence-electron chi connectivity index (χ4n) is 2.42. The van der Waals surface area contributed by atoms with Crippen molar-refractivity contribution in [3.8, 4) is 0 Å². The van der Waals surface area contributed by atoms with E-state index in [0.717, 1.165) is 38.2 Å². The molecule has 6 heteroatoms. The molecule has 1 aliphatic rings. The van der Waals surface area contributed by atoms with Crippen molar-refractivity contribution in [1.82, 2.24) is 10.2 Å². The fraction of sp³-hybridized carbons (Fsp3) is 0.538. The van der Waals surface area contributed by atoms with E-state index in [9.17, 15) is 4.39 Å². The molecule has 0 spiro atoms. The molecule has 19 heavy (non-hydrogen) atoms. The summed E-state index contributed by atoms with van der Waals surface area (Å²) in [5, 5.41) is 3.56. The summed E-state index contributed by atoms with van der Waals surface area (Å²) < 4.78 is 13.2. The molecule has 0 aromatic heterocycles. The number of nitrogens with one attached hydrogen (secondary N) is 1. The first kappa shape index (κ1) is 18.9. The molecule has 0 saturated carbocycles. The molecule has 1 aliphatic heterocycles. The monoisotopic (exact) mass is 328 g/mol. The van der Waals surface area contributed by atoms with E-state index in [4.69, 9.17) is 11.6 Å². The Labute approximate surface area is 131 Å². The molecule has 110 valence electrons. The van der Waals surface area contributed by atoms with Crippen molar-refractivity contribution in [3.05, 3.63) is 34.6 Å². The summed E-state index contributed by atoms with van der Waals surface area (Å²) in [6.45, 7) is 6.27. The highest BCUT2D eigenvalue weighted by molar-refractivity contribution is 6.30. The van der Waals surface area contributed by atoms with Crippen molar-refractivity contribution in [2.24, 2.45) is 0 Å². The molecule has 0 unspecified atom stereocenters. The van der Waals surface area contributed by atoms with Crippen molar-refractivity contribution in [1.29, 1.82) is 0 Å². The standard InChI is InChI=1S/C13H18ClFN2.2ClH/c1-2-13(17-7-5-16-6-8-17)10-3-4-12(15)11(14)9-10;;/h3-4,9,13,16H,2,5-8H2,1H3;2*1H/t13-;;/m0../s1. The Morgan fingerprint density at radius 2 is 1.95 bits per heavy atom. The summed E-state index contributed by atoms with van der Waals surface area (Å²) in [7, 11) is 0. The van der Waals surface area contributed by atoms with Crippen molar-refractivity contribution in [2.45, 2.75) is 19.4 Å². The molecule has 0 bridgehead atoms. The minimum Gasteiger partial charge on any atom is -0.314 e. The fourth-order valence-corrected chi connectivity index (χ4v) is 2.61. The van der Waals surface area contributed by atoms with Gasteiger partial charge in [-0.3, -0.25) is 4.90 Å². The van der Waals surface area contributed by atoms with E-state index < -0.39 is 0 Å². The minimum atomic E-state index is -0.342. The largest absolute Gasteiger partial charge is 0.314 e. The average Bonchev–Trinajstić information content (AvgIpc) is 2.36. The molecular formula is C13H20Cl3FN2. The Hall–Kier alpha value is -0.0600. The zero-order valence-electron chi connectivity index (χ0n) is 10.9. The van der Waals surface area contributed by atoms with Gasteiger partial charge in [-0.25, -0.2) is 4.39 Å². The van der Waals surface area contributed by atoms with Crippen LogP contribution in [0.3, 0.4) is 0 Å². The van der Waals surface area contributed by atoms with Gasteiger partial charge in [-0.2, -0.15) is 0 Å². The second-order valence-corrected chi connectivity index (χ2v) is 4.79. The van der Waals surface area contributed by atoms with Gasteiger partial charge in [0.2, 0.25) is 0 Å². The lowest BCUT2D eigenvalue weighted by Gasteiger charge is -2.34. The molecule has 1 N–H and O–H groups in total. The quantitative estimate of drug-likeness (QED) is 0.910. The summed E-state index contributed by atoms with van der Waals surface area (Å²) >= 11 is 5.85. The van der Waals surface area contributed by atoms with Gasteiger partial charge in [-0.1, -0.05) is 24.6 Å². The number of rotatable bonds is 3. The SMILES string of the molecule is CC[C@@H](c1ccc(F)c(Cl)c1)N1CCNCC1.Cl.Cl. The number of nitrogens with zero attached hydrogens (tertiary/aromatic N) is 1. The van der Waals surface area contributed by atoms with Crippen LogP contribution in [0.15, 0.2) is 18.2 Å². The Morgan fingerprint density at radius 3 is 2.47 bits per heavy atom. The van der Waals surface area contributed by atoms with Crippen molar-refractivity contribution in [3.63, 3.8) is 0 Å². The average molecular weight is 330 g/mol. The third-order valence-corrected chi connectivity index (χ3v) is 3.60. The second-order valence-electron chi connectivity index (χ2n) is 4.38. The first-order valence-electron chi connectivity index (χ1n) is 6.12. The summed E-state index contributed by atoms with van der Waals surface area (Å²) in [5.41, 5.74) is 1.11. The Bertz CT molecular complexity index is 384. The van der Waals surface area contributed by atoms with Gasteiger partial charge in [0.25, 0.3) is 0 Å². The molecule has 0 aliphatic carbocycles. The minimum absolute atomic E-state index is 0. The van der Waals surface area contributed by atoms with Crippen molar-refractivity contribution in [2.75, 3.05) is 26.2 Å². The Kier molecular flexibility index (Phi) is 8.95. The van der Waals surface area contributed by atoms with Crippen LogP contribution in [0, 0.1) is 5.82 Å². The smallest absolute Gasteiger partial charge is 0.141 e. The third kappa shape index (κ3) is 4.76. The van der Waals surface area contributed by atoms with Crippen molar-refractivity contribution >= 4 is 36.4 Å². The summed E-state index contributed by atoms with van der Waals surface area (Å²) in [6.07, 6.45) is 1.02. The van der Waals surface area contributed by atoms with Crippen LogP contribution in [0.2, 0.25) is 5.02 Å². The Morgan fingerprint density at radius 1 is 1.32 bits per heavy atom. The highest BCUT2D eigenvalue weighted by atomic mass is 35.5. The van der Waals surface area contributed by atoms with E-state index in [2.05, 4.69) is 17.1 Å². The van der Waals surface area contributed by atoms with Crippen LogP contribution in [0.1, 0.15) is 24.9 Å². The number of hydrogen-bond acceptors (Lipinski definition) is 2. The van der Waals surface area contributed by atoms with Crippen LogP contribution in [-0.2, 0) is 0 Å². The van der Waals surface area contributed by atoms with Gasteiger partial charge in [-0.15, -0.1) is 24.8 Å². The summed E-state index contributed by atoms with van der Waals surface area (Å²) in [4.78, 5) is 2.43. The van der Waals surface area contributed by atoms with E-state index in [1.807, 2.05) is 6.07 Å². The molecule has 2 rings (SSSR count). The molecule has 1 saturated heterocycles. The highest BCUT2D eigenvalue weighted by Gasteiger charge is 2.21. The molecule has 1 aromatic rings. The molecule has 0 radical (unpaired) electrons. The van der Waals surface area contributed by atoms with Gasteiger partial charge in [0.15, 0.2) is 0 Å². The number of halogens is 4. The van der Waals surface area contributed by atoms with Gasteiger partial charge >= 0.3 is 0 Å². The maximum atomic E-state index is 13.2. The van der Waals surface area contributed by atoms with E-state index in [1.54, 1.807) is 6.07 Å². The lowest BCUT2D eigenvalue weighted by Crippen LogP contribution is -2.45. The number of benzene rings is 1. The van der Waals surface area contributed by atoms with Gasteiger partial charge in [0, 0.05) is 32.2 Å². The normalized spacial score (nSPS) is 17.2. The summed E-state index contributed by atoms with van der Waals surface area (Å²) in [6, 6.07) is 5.41. The van der Waals surface area contributed by atoms with Crippen LogP contribution in [0.4, 0.5) is 4.39 Å². The maximum Gasteiger partial charge on any atom is 0.141 e. The number of hydrogen-bond donors (Lipinski definition) is 1. The predicted octanol–water partition coefficient (Wildman–Crippen LogP) is 3.68. The first-order chi connectivity index (χ1) is 8.22. The van der Waals surface area contributed by atoms with E-state index in [-0.39, 0.29) is 35.7 Å². The van der Waals surface area contributed by atoms with E-state index >= 15 is 0 Å². The first-order valence-corrected chi connectivity index (χ1v) is 6.50. The second kappa shape index (κ2) is 8.98. The molecule has 1 heterocycles. The molecule has 1 fully saturated rings. The van der Waals surface area contributed by atoms with Crippen LogP contribution in [-0.4, -0.2) is 31.1 Å². The van der Waals surface area contributed by atoms with Crippen LogP contribution >= 0.6 is 36.4 Å². The van der Waals surface area contributed by atoms with Crippen LogP contribution < -0.4 is 5.32 Å². The van der Waals surface area contributed by atoms with Crippen LogP contribution in [0.5, 0.6) is 0 Å². The topological polar surface area (TPSA) is 15.3 Å². The molecule has 1 aromatic carbocycles. The highest BCUT2D eigenvalue weighted by Crippen LogP contribution is 2.27. The zero-order valence-corrected chi connectivity index (χ0v) is 13.3. The van der Waals surface area contributed by atoms with Crippen LogP contribution in [0.25, 0.3) is 0 Å². The molecular weight excluding hydrogens is 310 g/mol. The van der Waals surface area contributed by atoms with Gasteiger partial charge in [-0.05, 0) is 24.1 Å². The van der Waals surface area contributed by atoms with Gasteiger partial charge in [0.05, 0.1) is 5.02 Å². The Balaban J connectivity index is 0.00000162. The molecule has 1 atom stereocenters. The zero-order chi connectivity index (χ0) is 12.3. The van der Waals surface area contributed by atoms with Gasteiger partial charge in [0.1, 0.15) is 5.82 Å². The lowest BCUT2D eigenvalue weighted by atomic mass is 10.0. The maximum absolute atomic E-state index is 13.2. The van der Waals surface area contributed by atoms with Crippen molar-refractivity contribution < 1.29 is 4.39 Å². The lowest BCUT2D eigenvalue weighted by molar-refractivity contribution is 0.169. The number of piperazine rings is 1. The predicted molar refractivity (Wildman–Crippen MR) is 83.4 cm³/mol. The molecule has 0 amide bonds. The van der Waals surface area contributed by atoms with Gasteiger partial charge < -0.3 is 5.32 Å².